The summed E-state index contributed by atoms with van der Waals surface area (Å²) in [6.07, 6.45) is 0. The number of benzene rings is 16. The van der Waals surface area contributed by atoms with Crippen molar-refractivity contribution in [2.45, 2.75) is 11.0 Å². The van der Waals surface area contributed by atoms with Crippen LogP contribution in [0, 0.1) is 0 Å². The smallest absolute Gasteiger partial charge is 0.870 e. The Balaban J connectivity index is 0.000000209. The van der Waals surface area contributed by atoms with Crippen molar-refractivity contribution in [2.24, 2.45) is 0 Å². The van der Waals surface area contributed by atoms with Crippen molar-refractivity contribution >= 4 is 159 Å². The summed E-state index contributed by atoms with van der Waals surface area (Å²) in [5, 5.41) is 26.7. The summed E-state index contributed by atoms with van der Waals surface area (Å²) in [6.45, 7) is 0. The van der Waals surface area contributed by atoms with Gasteiger partial charge in [0.25, 0.3) is 0 Å². The summed E-state index contributed by atoms with van der Waals surface area (Å²) >= 11 is 0. The van der Waals surface area contributed by atoms with Gasteiger partial charge in [0.1, 0.15) is 0 Å². The normalized spacial score (nSPS) is 11.4. The van der Waals surface area contributed by atoms with Crippen molar-refractivity contribution in [2.75, 3.05) is 0 Å². The van der Waals surface area contributed by atoms with Crippen LogP contribution in [0.15, 0.2) is 388 Å². The van der Waals surface area contributed by atoms with E-state index in [2.05, 4.69) is 388 Å². The van der Waals surface area contributed by atoms with Gasteiger partial charge in [0.05, 0.1) is 0 Å². The zero-order valence-electron chi connectivity index (χ0n) is 58.8. The molecule has 2 N–H and O–H groups in total. The molecule has 0 fully saturated rings. The van der Waals surface area contributed by atoms with E-state index in [0.29, 0.717) is 0 Å². The number of alkyl halides is 6. The molecule has 0 saturated carbocycles. The van der Waals surface area contributed by atoms with Crippen LogP contribution in [0.25, 0.3) is 65.3 Å². The molecular formula is C90H66F6O8P4Pd2S2. The van der Waals surface area contributed by atoms with E-state index in [0.717, 1.165) is 0 Å². The predicted molar refractivity (Wildman–Crippen MR) is 444 cm³/mol. The first-order valence-electron chi connectivity index (χ1n) is 34.0. The number of fused-ring (bicyclic) bond motifs is 4. The SMILES string of the molecule is O=S(=O)([O-])C(F)(F)F.O=S(=O)([O-])C(F)(F)F.[OH-].[OH-].[Pd+2].[Pd+2].c1ccc(P(c2ccccc2)c2ccc3ccccc3c2-c2c(P(c3ccccc3)c3ccccc3)ccc3ccccc23)cc1.c1ccc(P(c2ccccc2)c2ccc3ccccc3c2-c2c(P(c3ccccc3)c3ccccc3)ccc3ccccc23)cc1. The van der Waals surface area contributed by atoms with E-state index in [-0.39, 0.29) is 51.8 Å². The molecule has 16 aromatic carbocycles. The maximum absolute atomic E-state index is 10.7. The van der Waals surface area contributed by atoms with Crippen molar-refractivity contribution in [3.63, 3.8) is 0 Å². The zero-order chi connectivity index (χ0) is 75.4. The van der Waals surface area contributed by atoms with E-state index in [1.54, 1.807) is 0 Å². The molecule has 22 heteroatoms. The molecule has 0 atom stereocenters. The van der Waals surface area contributed by atoms with E-state index in [4.69, 9.17) is 25.9 Å². The van der Waals surface area contributed by atoms with Gasteiger partial charge < -0.3 is 20.1 Å². The second-order valence-corrected chi connectivity index (χ2v) is 36.0. The fraction of sp³-hybridized carbons (Fsp3) is 0.0222. The molecule has 0 aliphatic heterocycles. The minimum Gasteiger partial charge on any atom is -0.870 e. The molecular weight excluding hydrogens is 1720 g/mol. The first kappa shape index (κ1) is 86.9. The Labute approximate surface area is 678 Å². The Bertz CT molecular complexity index is 5150. The molecule has 0 heterocycles. The topological polar surface area (TPSA) is 174 Å². The Kier molecular flexibility index (Phi) is 30.3. The Morgan fingerprint density at radius 3 is 0.464 bits per heavy atom. The molecule has 0 bridgehead atoms. The van der Waals surface area contributed by atoms with Crippen molar-refractivity contribution in [1.82, 2.24) is 0 Å². The molecule has 16 aromatic rings. The van der Waals surface area contributed by atoms with Crippen molar-refractivity contribution < 1.29 is 104 Å². The van der Waals surface area contributed by atoms with E-state index in [1.807, 2.05) is 0 Å². The summed E-state index contributed by atoms with van der Waals surface area (Å²) in [7, 11) is -15.6. The van der Waals surface area contributed by atoms with Crippen LogP contribution in [-0.2, 0) is 61.1 Å². The molecule has 0 aliphatic carbocycles. The fourth-order valence-corrected chi connectivity index (χ4v) is 23.1. The number of rotatable bonds is 14. The van der Waals surface area contributed by atoms with Crippen LogP contribution in [-0.4, -0.2) is 47.9 Å². The molecule has 568 valence electrons. The van der Waals surface area contributed by atoms with Crippen molar-refractivity contribution in [3.8, 4) is 22.3 Å². The average molecular weight is 1790 g/mol. The zero-order valence-corrected chi connectivity index (χ0v) is 67.1. The van der Waals surface area contributed by atoms with Gasteiger partial charge in [-0.3, -0.25) is 0 Å². The maximum Gasteiger partial charge on any atom is 2.00 e. The van der Waals surface area contributed by atoms with Crippen LogP contribution >= 0.6 is 31.7 Å². The van der Waals surface area contributed by atoms with Gasteiger partial charge in [-0.05, 0) is 161 Å². The third kappa shape index (κ3) is 19.9. The van der Waals surface area contributed by atoms with Crippen LogP contribution in [0.4, 0.5) is 26.3 Å². The average Bonchev–Trinajstić information content (AvgIpc) is 0.737. The molecule has 0 spiro atoms. The van der Waals surface area contributed by atoms with Crippen molar-refractivity contribution in [3.05, 3.63) is 388 Å². The molecule has 0 radical (unpaired) electrons. The Hall–Kier alpha value is -9.08. The number of halogens is 6. The quantitative estimate of drug-likeness (QED) is 0.0340. The second-order valence-electron chi connectivity index (χ2n) is 24.5. The first-order valence-corrected chi connectivity index (χ1v) is 42.1. The summed E-state index contributed by atoms with van der Waals surface area (Å²) in [5.41, 5.74) is -5.89. The van der Waals surface area contributed by atoms with Crippen LogP contribution in [0.2, 0.25) is 0 Å². The van der Waals surface area contributed by atoms with Crippen LogP contribution in [0.5, 0.6) is 0 Å². The minimum atomic E-state index is -6.09. The van der Waals surface area contributed by atoms with Gasteiger partial charge in [0.2, 0.25) is 0 Å². The van der Waals surface area contributed by atoms with Gasteiger partial charge in [-0.25, -0.2) is 16.8 Å². The summed E-state index contributed by atoms with van der Waals surface area (Å²) in [5.74, 6) is 0. The molecule has 8 nitrogen and oxygen atoms in total. The van der Waals surface area contributed by atoms with Gasteiger partial charge >= 0.3 is 51.9 Å². The van der Waals surface area contributed by atoms with Crippen LogP contribution in [0.1, 0.15) is 0 Å². The molecule has 0 amide bonds. The van der Waals surface area contributed by atoms with Crippen molar-refractivity contribution in [1.29, 1.82) is 0 Å². The van der Waals surface area contributed by atoms with Gasteiger partial charge in [-0.15, -0.1) is 0 Å². The number of hydrogen-bond acceptors (Lipinski definition) is 8. The fourth-order valence-electron chi connectivity index (χ4n) is 13.2. The largest absolute Gasteiger partial charge is 2.00 e. The third-order valence-corrected chi connectivity index (χ3v) is 28.8. The minimum absolute atomic E-state index is 0. The summed E-state index contributed by atoms with van der Waals surface area (Å²) in [6, 6.07) is 144. The summed E-state index contributed by atoms with van der Waals surface area (Å²) < 4.78 is 118. The van der Waals surface area contributed by atoms with Crippen LogP contribution in [0.3, 0.4) is 0 Å². The van der Waals surface area contributed by atoms with Gasteiger partial charge in [-0.2, -0.15) is 26.3 Å². The molecule has 112 heavy (non-hydrogen) atoms. The summed E-state index contributed by atoms with van der Waals surface area (Å²) in [4.78, 5) is 0. The molecule has 0 aliphatic rings. The Morgan fingerprint density at radius 1 is 0.205 bits per heavy atom. The van der Waals surface area contributed by atoms with Gasteiger partial charge in [-0.1, -0.05) is 388 Å². The first-order chi connectivity index (χ1) is 52.2. The van der Waals surface area contributed by atoms with E-state index < -0.39 is 62.9 Å². The van der Waals surface area contributed by atoms with E-state index >= 15 is 0 Å². The van der Waals surface area contributed by atoms with Gasteiger partial charge in [0.15, 0.2) is 20.2 Å². The molecule has 0 saturated heterocycles. The predicted octanol–water partition coefficient (Wildman–Crippen LogP) is 18.1. The second kappa shape index (κ2) is 39.1. The molecule has 0 aromatic heterocycles. The maximum atomic E-state index is 10.7. The van der Waals surface area contributed by atoms with Crippen LogP contribution < -0.4 is 63.7 Å². The molecule has 0 unspecified atom stereocenters. The number of hydrogen-bond donors (Lipinski definition) is 0. The third-order valence-electron chi connectivity index (χ3n) is 17.8. The molecule has 16 rings (SSSR count). The monoisotopic (exact) mass is 1790 g/mol. The Morgan fingerprint density at radius 2 is 0.330 bits per heavy atom. The van der Waals surface area contributed by atoms with E-state index in [9.17, 15) is 26.3 Å². The van der Waals surface area contributed by atoms with E-state index in [1.165, 1.54) is 129 Å². The van der Waals surface area contributed by atoms with Gasteiger partial charge in [0, 0.05) is 0 Å². The standard InChI is InChI=1S/2C44H32P2.2CHF3O3S.2H2O.2Pd/c2*1-5-19-35(20-6-1)45(36-21-7-2-8-22-36)41-31-29-33-17-13-15-27-39(33)43(41)44-40-28-16-14-18-34(40)30-32-42(44)46(37-23-9-3-10-24-37)38-25-11-4-12-26-38;2*2-1(3,4)8(5,6)7;;;;/h2*1-32H;2*(H,5,6,7);2*1H2;;/q;;;;;;2*+2/p-4.